The number of rotatable bonds is 6. The minimum atomic E-state index is 0.122. The molecular formula is C14H19NO3. The quantitative estimate of drug-likeness (QED) is 0.828. The van der Waals surface area contributed by atoms with Crippen molar-refractivity contribution < 1.29 is 14.3 Å². The first kappa shape index (κ1) is 12.9. The van der Waals surface area contributed by atoms with Crippen molar-refractivity contribution in [3.63, 3.8) is 0 Å². The summed E-state index contributed by atoms with van der Waals surface area (Å²) in [6, 6.07) is 7.90. The van der Waals surface area contributed by atoms with Gasteiger partial charge in [-0.15, -0.1) is 0 Å². The molecule has 18 heavy (non-hydrogen) atoms. The molecule has 4 heteroatoms. The zero-order chi connectivity index (χ0) is 12.8. The first-order valence-electron chi connectivity index (χ1n) is 6.25. The molecule has 1 aliphatic heterocycles. The number of benzene rings is 1. The van der Waals surface area contributed by atoms with Crippen LogP contribution in [0.15, 0.2) is 24.3 Å². The van der Waals surface area contributed by atoms with E-state index < -0.39 is 0 Å². The minimum absolute atomic E-state index is 0.122. The van der Waals surface area contributed by atoms with Gasteiger partial charge in [0.05, 0.1) is 20.3 Å². The fraction of sp³-hybridized carbons (Fsp3) is 0.500. The first-order valence-corrected chi connectivity index (χ1v) is 6.25. The number of hydrogen-bond acceptors (Lipinski definition) is 3. The van der Waals surface area contributed by atoms with Crippen LogP contribution >= 0.6 is 0 Å². The highest BCUT2D eigenvalue weighted by molar-refractivity contribution is 5.76. The van der Waals surface area contributed by atoms with Crippen molar-refractivity contribution >= 4 is 5.91 Å². The molecule has 0 spiro atoms. The maximum absolute atomic E-state index is 11.6. The second kappa shape index (κ2) is 6.40. The molecule has 0 bridgehead atoms. The van der Waals surface area contributed by atoms with Crippen LogP contribution in [0.25, 0.3) is 0 Å². The smallest absolute Gasteiger partial charge is 0.220 e. The van der Waals surface area contributed by atoms with E-state index in [0.29, 0.717) is 18.9 Å². The lowest BCUT2D eigenvalue weighted by molar-refractivity contribution is -0.126. The van der Waals surface area contributed by atoms with Crippen molar-refractivity contribution in [1.82, 2.24) is 5.32 Å². The standard InChI is InChI=1S/C14H19NO3/c1-17-13-4-2-11(3-5-13)6-7-15-14(16)8-12-9-18-10-12/h2-5,12H,6-10H2,1H3,(H,15,16). The van der Waals surface area contributed by atoms with Gasteiger partial charge in [-0.1, -0.05) is 12.1 Å². The second-order valence-electron chi connectivity index (χ2n) is 4.56. The summed E-state index contributed by atoms with van der Waals surface area (Å²) >= 11 is 0. The first-order chi connectivity index (χ1) is 8.78. The third-order valence-electron chi connectivity index (χ3n) is 3.08. The molecule has 1 aliphatic rings. The van der Waals surface area contributed by atoms with Gasteiger partial charge in [-0.3, -0.25) is 4.79 Å². The average molecular weight is 249 g/mol. The Morgan fingerprint density at radius 1 is 1.39 bits per heavy atom. The third kappa shape index (κ3) is 3.74. The van der Waals surface area contributed by atoms with Crippen LogP contribution in [-0.2, 0) is 16.0 Å². The number of ether oxygens (including phenoxy) is 2. The zero-order valence-electron chi connectivity index (χ0n) is 10.6. The van der Waals surface area contributed by atoms with Gasteiger partial charge in [0.2, 0.25) is 5.91 Å². The maximum atomic E-state index is 11.6. The van der Waals surface area contributed by atoms with Gasteiger partial charge in [-0.05, 0) is 24.1 Å². The van der Waals surface area contributed by atoms with E-state index in [2.05, 4.69) is 5.32 Å². The molecule has 1 amide bonds. The lowest BCUT2D eigenvalue weighted by Crippen LogP contribution is -2.35. The van der Waals surface area contributed by atoms with Gasteiger partial charge in [-0.25, -0.2) is 0 Å². The number of amides is 1. The molecule has 1 aromatic rings. The van der Waals surface area contributed by atoms with Crippen LogP contribution in [0.3, 0.4) is 0 Å². The molecule has 1 aromatic carbocycles. The van der Waals surface area contributed by atoms with Gasteiger partial charge in [0.25, 0.3) is 0 Å². The predicted octanol–water partition coefficient (Wildman–Crippen LogP) is 1.39. The number of methoxy groups -OCH3 is 1. The molecule has 1 saturated heterocycles. The van der Waals surface area contributed by atoms with Crippen molar-refractivity contribution in [3.8, 4) is 5.75 Å². The van der Waals surface area contributed by atoms with Gasteiger partial charge < -0.3 is 14.8 Å². The molecule has 1 N–H and O–H groups in total. The molecule has 1 fully saturated rings. The maximum Gasteiger partial charge on any atom is 0.220 e. The Kier molecular flexibility index (Phi) is 4.59. The van der Waals surface area contributed by atoms with Crippen LogP contribution in [0.5, 0.6) is 5.75 Å². The molecule has 2 rings (SSSR count). The third-order valence-corrected chi connectivity index (χ3v) is 3.08. The Labute approximate surface area is 107 Å². The summed E-state index contributed by atoms with van der Waals surface area (Å²) in [4.78, 5) is 11.6. The van der Waals surface area contributed by atoms with E-state index in [0.717, 1.165) is 25.4 Å². The molecule has 0 unspecified atom stereocenters. The lowest BCUT2D eigenvalue weighted by atomic mass is 10.0. The van der Waals surface area contributed by atoms with Crippen LogP contribution in [0, 0.1) is 5.92 Å². The topological polar surface area (TPSA) is 47.6 Å². The molecular weight excluding hydrogens is 230 g/mol. The van der Waals surface area contributed by atoms with E-state index in [1.807, 2.05) is 24.3 Å². The highest BCUT2D eigenvalue weighted by Gasteiger charge is 2.21. The second-order valence-corrected chi connectivity index (χ2v) is 4.56. The SMILES string of the molecule is COc1ccc(CCNC(=O)CC2COC2)cc1. The van der Waals surface area contributed by atoms with E-state index in [4.69, 9.17) is 9.47 Å². The summed E-state index contributed by atoms with van der Waals surface area (Å²) in [6.07, 6.45) is 1.43. The van der Waals surface area contributed by atoms with Gasteiger partial charge in [0.15, 0.2) is 0 Å². The van der Waals surface area contributed by atoms with Crippen LogP contribution in [0.2, 0.25) is 0 Å². The Balaban J connectivity index is 1.65. The van der Waals surface area contributed by atoms with Crippen LogP contribution < -0.4 is 10.1 Å². The normalized spacial score (nSPS) is 14.9. The van der Waals surface area contributed by atoms with E-state index in [1.54, 1.807) is 7.11 Å². The molecule has 98 valence electrons. The summed E-state index contributed by atoms with van der Waals surface area (Å²) in [5.74, 6) is 1.40. The Bertz CT molecular complexity index is 385. The van der Waals surface area contributed by atoms with E-state index in [-0.39, 0.29) is 5.91 Å². The number of carbonyl (C=O) groups excluding carboxylic acids is 1. The van der Waals surface area contributed by atoms with Crippen molar-refractivity contribution in [2.75, 3.05) is 26.9 Å². The summed E-state index contributed by atoms with van der Waals surface area (Å²) < 4.78 is 10.1. The number of nitrogens with one attached hydrogen (secondary N) is 1. The summed E-state index contributed by atoms with van der Waals surface area (Å²) in [5.41, 5.74) is 1.20. The summed E-state index contributed by atoms with van der Waals surface area (Å²) in [7, 11) is 1.65. The summed E-state index contributed by atoms with van der Waals surface area (Å²) in [5, 5.41) is 2.93. The highest BCUT2D eigenvalue weighted by atomic mass is 16.5. The molecule has 0 radical (unpaired) electrons. The fourth-order valence-electron chi connectivity index (χ4n) is 1.88. The molecule has 4 nitrogen and oxygen atoms in total. The van der Waals surface area contributed by atoms with E-state index in [1.165, 1.54) is 5.56 Å². The van der Waals surface area contributed by atoms with Crippen LogP contribution in [0.1, 0.15) is 12.0 Å². The lowest BCUT2D eigenvalue weighted by Gasteiger charge is -2.25. The average Bonchev–Trinajstić information content (AvgIpc) is 2.35. The van der Waals surface area contributed by atoms with Crippen LogP contribution in [-0.4, -0.2) is 32.8 Å². The van der Waals surface area contributed by atoms with Crippen molar-refractivity contribution in [3.05, 3.63) is 29.8 Å². The molecule has 0 aromatic heterocycles. The zero-order valence-corrected chi connectivity index (χ0v) is 10.6. The largest absolute Gasteiger partial charge is 0.497 e. The molecule has 0 aliphatic carbocycles. The van der Waals surface area contributed by atoms with Gasteiger partial charge in [-0.2, -0.15) is 0 Å². The summed E-state index contributed by atoms with van der Waals surface area (Å²) in [6.45, 7) is 2.14. The van der Waals surface area contributed by atoms with Crippen LogP contribution in [0.4, 0.5) is 0 Å². The Morgan fingerprint density at radius 3 is 2.67 bits per heavy atom. The number of carbonyl (C=O) groups is 1. The van der Waals surface area contributed by atoms with Crippen molar-refractivity contribution in [1.29, 1.82) is 0 Å². The Morgan fingerprint density at radius 2 is 2.11 bits per heavy atom. The highest BCUT2D eigenvalue weighted by Crippen LogP contribution is 2.14. The van der Waals surface area contributed by atoms with Gasteiger partial charge in [0, 0.05) is 18.9 Å². The molecule has 0 atom stereocenters. The van der Waals surface area contributed by atoms with Crippen molar-refractivity contribution in [2.24, 2.45) is 5.92 Å². The monoisotopic (exact) mass is 249 g/mol. The number of hydrogen-bond donors (Lipinski definition) is 1. The van der Waals surface area contributed by atoms with Crippen molar-refractivity contribution in [2.45, 2.75) is 12.8 Å². The predicted molar refractivity (Wildman–Crippen MR) is 68.6 cm³/mol. The van der Waals surface area contributed by atoms with E-state index in [9.17, 15) is 4.79 Å². The Hall–Kier alpha value is -1.55. The van der Waals surface area contributed by atoms with Gasteiger partial charge >= 0.3 is 0 Å². The molecule has 0 saturated carbocycles. The minimum Gasteiger partial charge on any atom is -0.497 e. The molecule has 1 heterocycles. The van der Waals surface area contributed by atoms with E-state index >= 15 is 0 Å². The fourth-order valence-corrected chi connectivity index (χ4v) is 1.88. The van der Waals surface area contributed by atoms with Gasteiger partial charge in [0.1, 0.15) is 5.75 Å².